The summed E-state index contributed by atoms with van der Waals surface area (Å²) in [6.45, 7) is 3.65. The van der Waals surface area contributed by atoms with E-state index in [4.69, 9.17) is 4.74 Å². The summed E-state index contributed by atoms with van der Waals surface area (Å²) in [6.07, 6.45) is 1.14. The van der Waals surface area contributed by atoms with Crippen molar-refractivity contribution in [1.82, 2.24) is 20.4 Å². The Morgan fingerprint density at radius 2 is 1.90 bits per heavy atom. The van der Waals surface area contributed by atoms with Crippen molar-refractivity contribution in [3.05, 3.63) is 39.9 Å². The van der Waals surface area contributed by atoms with Gasteiger partial charge in [0.15, 0.2) is 5.96 Å². The van der Waals surface area contributed by atoms with Gasteiger partial charge < -0.3 is 25.2 Å². The van der Waals surface area contributed by atoms with Crippen LogP contribution in [0.4, 0.5) is 10.5 Å². The fourth-order valence-corrected chi connectivity index (χ4v) is 2.98. The number of nitrogens with zero attached hydrogens (tertiary/aromatic N) is 4. The van der Waals surface area contributed by atoms with Crippen molar-refractivity contribution >= 4 is 23.6 Å². The lowest BCUT2D eigenvalue weighted by Crippen LogP contribution is -2.51. The van der Waals surface area contributed by atoms with Crippen molar-refractivity contribution in [1.29, 1.82) is 0 Å². The number of likely N-dealkylation sites (tertiary alicyclic amines) is 1. The number of guanidine groups is 1. The fourth-order valence-electron chi connectivity index (χ4n) is 2.98. The number of aliphatic imine (C=N–C) groups is 1. The van der Waals surface area contributed by atoms with Crippen LogP contribution in [0.25, 0.3) is 0 Å². The smallest absolute Gasteiger partial charge is 0.409 e. The number of hydrogen-bond acceptors (Lipinski definition) is 6. The maximum absolute atomic E-state index is 12.0. The lowest BCUT2D eigenvalue weighted by molar-refractivity contribution is -0.384. The standard InChI is InChI=1S/C20H30N6O5/c1-4-31-20(28)25-11-9-16(10-12-25)23-19(22-14-18(27)24(2)3)21-13-15-5-7-17(8-6-15)26(29)30/h5-8,16H,4,9-14H2,1-3H3,(H2,21,22,23). The molecule has 31 heavy (non-hydrogen) atoms. The number of ether oxygens (including phenoxy) is 1. The monoisotopic (exact) mass is 434 g/mol. The minimum atomic E-state index is -0.447. The molecule has 2 N–H and O–H groups in total. The molecule has 1 heterocycles. The quantitative estimate of drug-likeness (QED) is 0.287. The summed E-state index contributed by atoms with van der Waals surface area (Å²) in [5, 5.41) is 17.2. The number of carbonyl (C=O) groups is 2. The number of piperidine rings is 1. The number of amides is 2. The van der Waals surface area contributed by atoms with Gasteiger partial charge in [-0.05, 0) is 25.3 Å². The maximum Gasteiger partial charge on any atom is 0.409 e. The number of nitrogens with one attached hydrogen (secondary N) is 2. The molecule has 0 atom stereocenters. The number of rotatable bonds is 7. The summed E-state index contributed by atoms with van der Waals surface area (Å²) in [5.74, 6) is 0.380. The highest BCUT2D eigenvalue weighted by Gasteiger charge is 2.24. The van der Waals surface area contributed by atoms with Crippen LogP contribution in [-0.4, -0.2) is 79.1 Å². The molecule has 0 saturated carbocycles. The summed E-state index contributed by atoms with van der Waals surface area (Å²) >= 11 is 0. The number of hydrogen-bond donors (Lipinski definition) is 2. The van der Waals surface area contributed by atoms with Gasteiger partial charge in [0.2, 0.25) is 5.91 Å². The minimum absolute atomic E-state index is 0.0224. The highest BCUT2D eigenvalue weighted by Crippen LogP contribution is 2.13. The first-order valence-electron chi connectivity index (χ1n) is 10.2. The third kappa shape index (κ3) is 7.76. The van der Waals surface area contributed by atoms with Crippen LogP contribution < -0.4 is 10.6 Å². The van der Waals surface area contributed by atoms with Gasteiger partial charge in [0.05, 0.1) is 24.6 Å². The molecule has 11 heteroatoms. The number of carbonyl (C=O) groups excluding carboxylic acids is 2. The molecule has 2 rings (SSSR count). The van der Waals surface area contributed by atoms with Crippen molar-refractivity contribution in [3.63, 3.8) is 0 Å². The summed E-state index contributed by atoms with van der Waals surface area (Å²) < 4.78 is 5.04. The van der Waals surface area contributed by atoms with E-state index in [1.807, 2.05) is 0 Å². The SMILES string of the molecule is CCOC(=O)N1CCC(NC(=NCc2ccc([N+](=O)[O-])cc2)NCC(=O)N(C)C)CC1. The van der Waals surface area contributed by atoms with E-state index in [0.29, 0.717) is 32.2 Å². The van der Waals surface area contributed by atoms with Crippen molar-refractivity contribution in [2.75, 3.05) is 40.3 Å². The molecule has 1 aliphatic heterocycles. The predicted octanol–water partition coefficient (Wildman–Crippen LogP) is 1.34. The van der Waals surface area contributed by atoms with Gasteiger partial charge in [0.25, 0.3) is 5.69 Å². The molecule has 1 aromatic rings. The Labute approximate surface area is 181 Å². The van der Waals surface area contributed by atoms with Crippen LogP contribution in [0.15, 0.2) is 29.3 Å². The normalized spacial score (nSPS) is 14.7. The lowest BCUT2D eigenvalue weighted by atomic mass is 10.1. The highest BCUT2D eigenvalue weighted by atomic mass is 16.6. The van der Waals surface area contributed by atoms with Crippen molar-refractivity contribution in [2.45, 2.75) is 32.4 Å². The van der Waals surface area contributed by atoms with Crippen molar-refractivity contribution in [2.24, 2.45) is 4.99 Å². The Bertz CT molecular complexity index is 788. The summed E-state index contributed by atoms with van der Waals surface area (Å²) in [6, 6.07) is 6.27. The molecule has 1 aromatic carbocycles. The second-order valence-corrected chi connectivity index (χ2v) is 7.33. The number of nitro benzene ring substituents is 1. The Kier molecular flexibility index (Phi) is 9.04. The van der Waals surface area contributed by atoms with Crippen LogP contribution in [0.1, 0.15) is 25.3 Å². The third-order valence-corrected chi connectivity index (χ3v) is 4.83. The average Bonchev–Trinajstić information content (AvgIpc) is 2.76. The molecular formula is C20H30N6O5. The van der Waals surface area contributed by atoms with Gasteiger partial charge in [-0.15, -0.1) is 0 Å². The van der Waals surface area contributed by atoms with E-state index in [9.17, 15) is 19.7 Å². The first kappa shape index (κ1) is 23.9. The first-order valence-corrected chi connectivity index (χ1v) is 10.2. The van der Waals surface area contributed by atoms with Crippen LogP contribution >= 0.6 is 0 Å². The molecule has 0 radical (unpaired) electrons. The van der Waals surface area contributed by atoms with E-state index in [1.54, 1.807) is 38.1 Å². The fraction of sp³-hybridized carbons (Fsp3) is 0.550. The number of nitro groups is 1. The van der Waals surface area contributed by atoms with Crippen LogP contribution in [-0.2, 0) is 16.1 Å². The molecular weight excluding hydrogens is 404 g/mol. The van der Waals surface area contributed by atoms with E-state index >= 15 is 0 Å². The van der Waals surface area contributed by atoms with Crippen LogP contribution in [0.2, 0.25) is 0 Å². The molecule has 11 nitrogen and oxygen atoms in total. The Morgan fingerprint density at radius 1 is 1.26 bits per heavy atom. The molecule has 0 bridgehead atoms. The van der Waals surface area contributed by atoms with Gasteiger partial charge in [-0.2, -0.15) is 0 Å². The van der Waals surface area contributed by atoms with Crippen molar-refractivity contribution in [3.8, 4) is 0 Å². The van der Waals surface area contributed by atoms with E-state index in [2.05, 4.69) is 15.6 Å². The first-order chi connectivity index (χ1) is 14.8. The number of non-ortho nitro benzene ring substituents is 1. The van der Waals surface area contributed by atoms with Gasteiger partial charge in [0, 0.05) is 45.4 Å². The zero-order valence-corrected chi connectivity index (χ0v) is 18.2. The molecule has 1 saturated heterocycles. The lowest BCUT2D eigenvalue weighted by Gasteiger charge is -2.32. The molecule has 170 valence electrons. The second-order valence-electron chi connectivity index (χ2n) is 7.33. The Balaban J connectivity index is 1.99. The summed E-state index contributed by atoms with van der Waals surface area (Å²) in [7, 11) is 3.35. The van der Waals surface area contributed by atoms with Gasteiger partial charge in [-0.25, -0.2) is 9.79 Å². The zero-order valence-electron chi connectivity index (χ0n) is 18.2. The van der Waals surface area contributed by atoms with Gasteiger partial charge in [-0.1, -0.05) is 12.1 Å². The predicted molar refractivity (Wildman–Crippen MR) is 116 cm³/mol. The van der Waals surface area contributed by atoms with E-state index < -0.39 is 4.92 Å². The van der Waals surface area contributed by atoms with Gasteiger partial charge in [0.1, 0.15) is 0 Å². The van der Waals surface area contributed by atoms with E-state index in [0.717, 1.165) is 18.4 Å². The minimum Gasteiger partial charge on any atom is -0.450 e. The molecule has 1 aliphatic rings. The largest absolute Gasteiger partial charge is 0.450 e. The Hall–Kier alpha value is -3.37. The zero-order chi connectivity index (χ0) is 22.8. The molecule has 0 unspecified atom stereocenters. The molecule has 0 aromatic heterocycles. The van der Waals surface area contributed by atoms with Gasteiger partial charge >= 0.3 is 6.09 Å². The number of benzene rings is 1. The summed E-state index contributed by atoms with van der Waals surface area (Å²) in [4.78, 5) is 41.8. The van der Waals surface area contributed by atoms with Crippen LogP contribution in [0, 0.1) is 10.1 Å². The topological polar surface area (TPSA) is 129 Å². The van der Waals surface area contributed by atoms with E-state index in [1.165, 1.54) is 17.0 Å². The van der Waals surface area contributed by atoms with Crippen LogP contribution in [0.3, 0.4) is 0 Å². The maximum atomic E-state index is 12.0. The van der Waals surface area contributed by atoms with Crippen LogP contribution in [0.5, 0.6) is 0 Å². The second kappa shape index (κ2) is 11.7. The van der Waals surface area contributed by atoms with E-state index in [-0.39, 0.29) is 30.3 Å². The average molecular weight is 434 g/mol. The molecule has 1 fully saturated rings. The molecule has 2 amide bonds. The highest BCUT2D eigenvalue weighted by molar-refractivity contribution is 5.86. The number of likely N-dealkylation sites (N-methyl/N-ethyl adjacent to an activating group) is 1. The van der Waals surface area contributed by atoms with Crippen molar-refractivity contribution < 1.29 is 19.2 Å². The third-order valence-electron chi connectivity index (χ3n) is 4.83. The molecule has 0 aliphatic carbocycles. The summed E-state index contributed by atoms with van der Waals surface area (Å²) in [5.41, 5.74) is 0.830. The molecule has 0 spiro atoms. The Morgan fingerprint density at radius 3 is 2.45 bits per heavy atom. The van der Waals surface area contributed by atoms with Gasteiger partial charge in [-0.3, -0.25) is 14.9 Å².